The molecule has 1 N–H and O–H groups in total. The van der Waals surface area contributed by atoms with Crippen LogP contribution in [0.15, 0.2) is 5.10 Å². The van der Waals surface area contributed by atoms with Gasteiger partial charge in [-0.25, -0.2) is 9.99 Å². The molecule has 3 heterocycles. The first kappa shape index (κ1) is 19.5. The summed E-state index contributed by atoms with van der Waals surface area (Å²) in [6.45, 7) is 2.46. The molecule has 0 spiro atoms. The molecule has 0 radical (unpaired) electrons. The number of amides is 2. The van der Waals surface area contributed by atoms with Crippen LogP contribution in [0.1, 0.15) is 61.8 Å². The van der Waals surface area contributed by atoms with E-state index in [1.807, 2.05) is 6.92 Å². The molecule has 27 heavy (non-hydrogen) atoms. The number of carbonyl (C=O) groups excluding carboxylic acids is 3. The summed E-state index contributed by atoms with van der Waals surface area (Å²) in [6, 6.07) is 0. The van der Waals surface area contributed by atoms with E-state index in [9.17, 15) is 14.4 Å². The number of unbranched alkanes of at least 4 members (excludes halogenated alkanes) is 1. The standard InChI is InChI=1S/C18H24ClN5O3/c1-3-6-11-16(26)15-17(23(2)18(11)27)21-13(20-15)7-4-5-10-24-14(25)9-8-12(19)22-24/h11H,3-10H2,1-2H3,(H,20,21). The van der Waals surface area contributed by atoms with E-state index < -0.39 is 5.92 Å². The number of imidazole rings is 1. The number of aromatic nitrogens is 2. The van der Waals surface area contributed by atoms with Crippen molar-refractivity contribution in [2.24, 2.45) is 11.0 Å². The van der Waals surface area contributed by atoms with Gasteiger partial charge in [0.15, 0.2) is 11.6 Å². The van der Waals surface area contributed by atoms with E-state index in [1.54, 1.807) is 7.05 Å². The van der Waals surface area contributed by atoms with Gasteiger partial charge in [-0.2, -0.15) is 5.10 Å². The predicted octanol–water partition coefficient (Wildman–Crippen LogP) is 2.48. The molecular formula is C18H24ClN5O3. The highest BCUT2D eigenvalue weighted by atomic mass is 35.5. The Labute approximate surface area is 162 Å². The number of aromatic amines is 1. The van der Waals surface area contributed by atoms with Gasteiger partial charge in [-0.3, -0.25) is 19.3 Å². The zero-order valence-electron chi connectivity index (χ0n) is 15.6. The second-order valence-corrected chi connectivity index (χ2v) is 7.37. The van der Waals surface area contributed by atoms with Gasteiger partial charge >= 0.3 is 0 Å². The maximum absolute atomic E-state index is 12.6. The smallest absolute Gasteiger partial charge is 0.243 e. The first-order valence-electron chi connectivity index (χ1n) is 9.36. The second-order valence-electron chi connectivity index (χ2n) is 6.94. The van der Waals surface area contributed by atoms with Gasteiger partial charge in [-0.15, -0.1) is 0 Å². The Hall–Kier alpha value is -2.22. The third kappa shape index (κ3) is 4.05. The van der Waals surface area contributed by atoms with Gasteiger partial charge in [-0.05, 0) is 19.3 Å². The molecular weight excluding hydrogens is 370 g/mol. The first-order valence-corrected chi connectivity index (χ1v) is 9.74. The normalized spacial score (nSPS) is 20.2. The van der Waals surface area contributed by atoms with Crippen molar-refractivity contribution in [2.45, 2.75) is 51.9 Å². The number of Topliss-reactive ketones (excluding diaryl/α,β-unsaturated/α-hetero) is 1. The molecule has 2 aliphatic rings. The number of fused-ring (bicyclic) bond motifs is 1. The Kier molecular flexibility index (Phi) is 5.94. The quantitative estimate of drug-likeness (QED) is 0.568. The van der Waals surface area contributed by atoms with Crippen LogP contribution in [-0.2, 0) is 16.0 Å². The van der Waals surface area contributed by atoms with Crippen LogP contribution < -0.4 is 4.90 Å². The van der Waals surface area contributed by atoms with E-state index in [0.29, 0.717) is 54.7 Å². The summed E-state index contributed by atoms with van der Waals surface area (Å²) < 4.78 is 0. The number of carbonyl (C=O) groups is 3. The minimum absolute atomic E-state index is 0.0134. The van der Waals surface area contributed by atoms with Crippen LogP contribution in [0.3, 0.4) is 0 Å². The van der Waals surface area contributed by atoms with Crippen LogP contribution >= 0.6 is 11.6 Å². The highest BCUT2D eigenvalue weighted by Gasteiger charge is 2.39. The SMILES string of the molecule is CCCC1C(=O)c2[nH]c(CCCCN3N=C(Cl)CCC3=O)nc2N(C)C1=O. The number of hydrazone groups is 1. The third-order valence-corrected chi connectivity index (χ3v) is 5.18. The fourth-order valence-electron chi connectivity index (χ4n) is 3.42. The van der Waals surface area contributed by atoms with E-state index in [-0.39, 0.29) is 17.6 Å². The van der Waals surface area contributed by atoms with Gasteiger partial charge in [0.25, 0.3) is 0 Å². The molecule has 1 aromatic heterocycles. The average molecular weight is 394 g/mol. The lowest BCUT2D eigenvalue weighted by Gasteiger charge is -2.26. The van der Waals surface area contributed by atoms with Crippen LogP contribution in [0.4, 0.5) is 5.82 Å². The summed E-state index contributed by atoms with van der Waals surface area (Å²) in [4.78, 5) is 45.8. The number of H-pyrrole nitrogens is 1. The van der Waals surface area contributed by atoms with Crippen LogP contribution in [0.5, 0.6) is 0 Å². The molecule has 1 aromatic rings. The van der Waals surface area contributed by atoms with Crippen molar-refractivity contribution >= 4 is 40.2 Å². The van der Waals surface area contributed by atoms with Crippen molar-refractivity contribution in [2.75, 3.05) is 18.5 Å². The molecule has 8 nitrogen and oxygen atoms in total. The molecule has 1 unspecified atom stereocenters. The Balaban J connectivity index is 1.59. The molecule has 2 aliphatic heterocycles. The van der Waals surface area contributed by atoms with Gasteiger partial charge in [0.05, 0.1) is 0 Å². The zero-order chi connectivity index (χ0) is 19.6. The monoisotopic (exact) mass is 393 g/mol. The second kappa shape index (κ2) is 8.21. The third-order valence-electron chi connectivity index (χ3n) is 4.92. The van der Waals surface area contributed by atoms with Crippen molar-refractivity contribution in [3.8, 4) is 0 Å². The number of halogens is 1. The van der Waals surface area contributed by atoms with Crippen molar-refractivity contribution < 1.29 is 14.4 Å². The molecule has 146 valence electrons. The number of anilines is 1. The summed E-state index contributed by atoms with van der Waals surface area (Å²) in [5.41, 5.74) is 0.424. The predicted molar refractivity (Wildman–Crippen MR) is 102 cm³/mol. The number of rotatable bonds is 7. The van der Waals surface area contributed by atoms with Crippen molar-refractivity contribution in [3.63, 3.8) is 0 Å². The Morgan fingerprint density at radius 3 is 2.74 bits per heavy atom. The molecule has 0 aromatic carbocycles. The maximum atomic E-state index is 12.6. The minimum Gasteiger partial charge on any atom is -0.338 e. The molecule has 0 saturated heterocycles. The largest absolute Gasteiger partial charge is 0.338 e. The van der Waals surface area contributed by atoms with E-state index in [1.165, 1.54) is 9.91 Å². The molecule has 1 atom stereocenters. The molecule has 2 amide bonds. The van der Waals surface area contributed by atoms with Gasteiger partial charge in [0, 0.05) is 32.9 Å². The number of hydrogen-bond acceptors (Lipinski definition) is 5. The summed E-state index contributed by atoms with van der Waals surface area (Å²) in [5.74, 6) is 0.100. The number of aryl methyl sites for hydroxylation is 1. The number of nitrogens with one attached hydrogen (secondary N) is 1. The van der Waals surface area contributed by atoms with Gasteiger partial charge in [0.2, 0.25) is 11.8 Å². The molecule has 3 rings (SSSR count). The number of nitrogens with zero attached hydrogens (tertiary/aromatic N) is 4. The highest BCUT2D eigenvalue weighted by Crippen LogP contribution is 2.30. The van der Waals surface area contributed by atoms with Crippen molar-refractivity contribution in [1.82, 2.24) is 15.0 Å². The lowest BCUT2D eigenvalue weighted by molar-refractivity contribution is -0.131. The fourth-order valence-corrected chi connectivity index (χ4v) is 3.60. The lowest BCUT2D eigenvalue weighted by atomic mass is 9.92. The van der Waals surface area contributed by atoms with Crippen LogP contribution in [0.25, 0.3) is 0 Å². The van der Waals surface area contributed by atoms with Gasteiger partial charge in [-0.1, -0.05) is 24.9 Å². The topological polar surface area (TPSA) is 98.7 Å². The summed E-state index contributed by atoms with van der Waals surface area (Å²) in [7, 11) is 1.66. The molecule has 9 heteroatoms. The van der Waals surface area contributed by atoms with E-state index in [0.717, 1.165) is 19.3 Å². The molecule has 0 fully saturated rings. The van der Waals surface area contributed by atoms with E-state index in [4.69, 9.17) is 11.6 Å². The molecule has 0 saturated carbocycles. The van der Waals surface area contributed by atoms with Crippen LogP contribution in [0.2, 0.25) is 0 Å². The van der Waals surface area contributed by atoms with Crippen LogP contribution in [0, 0.1) is 5.92 Å². The van der Waals surface area contributed by atoms with E-state index in [2.05, 4.69) is 15.1 Å². The minimum atomic E-state index is -0.617. The fraction of sp³-hybridized carbons (Fsp3) is 0.611. The van der Waals surface area contributed by atoms with Gasteiger partial charge in [0.1, 0.15) is 22.6 Å². The Bertz CT molecular complexity index is 788. The van der Waals surface area contributed by atoms with Crippen LogP contribution in [-0.4, -0.2) is 51.3 Å². The summed E-state index contributed by atoms with van der Waals surface area (Å²) in [5, 5.41) is 5.95. The van der Waals surface area contributed by atoms with E-state index >= 15 is 0 Å². The highest BCUT2D eigenvalue weighted by molar-refractivity contribution is 6.65. The average Bonchev–Trinajstić information content (AvgIpc) is 3.08. The van der Waals surface area contributed by atoms with Crippen molar-refractivity contribution in [1.29, 1.82) is 0 Å². The Morgan fingerprint density at radius 1 is 1.22 bits per heavy atom. The number of hydrogen-bond donors (Lipinski definition) is 1. The zero-order valence-corrected chi connectivity index (χ0v) is 16.4. The van der Waals surface area contributed by atoms with Crippen molar-refractivity contribution in [3.05, 3.63) is 11.5 Å². The maximum Gasteiger partial charge on any atom is 0.243 e. The summed E-state index contributed by atoms with van der Waals surface area (Å²) in [6.07, 6.45) is 4.36. The number of ketones is 1. The molecule has 0 bridgehead atoms. The Morgan fingerprint density at radius 2 is 2.00 bits per heavy atom. The lowest BCUT2D eigenvalue weighted by Crippen LogP contribution is -2.42. The summed E-state index contributed by atoms with van der Waals surface area (Å²) >= 11 is 5.89. The van der Waals surface area contributed by atoms with Gasteiger partial charge < -0.3 is 4.98 Å². The molecule has 0 aliphatic carbocycles. The first-order chi connectivity index (χ1) is 12.9.